The lowest BCUT2D eigenvalue weighted by molar-refractivity contribution is -0.123. The third-order valence-electron chi connectivity index (χ3n) is 3.31. The topological polar surface area (TPSA) is 72.5 Å². The molecule has 0 bridgehead atoms. The molecular weight excluding hydrogens is 278 g/mol. The molecule has 1 aromatic carbocycles. The number of nitrogens with one attached hydrogen (secondary N) is 1. The maximum absolute atomic E-state index is 11.6. The van der Waals surface area contributed by atoms with E-state index in [9.17, 15) is 13.2 Å². The van der Waals surface area contributed by atoms with Crippen molar-refractivity contribution in [2.24, 2.45) is 5.92 Å². The Morgan fingerprint density at radius 1 is 1.35 bits per heavy atom. The Labute approximate surface area is 119 Å². The zero-order valence-electron chi connectivity index (χ0n) is 11.5. The van der Waals surface area contributed by atoms with E-state index in [1.54, 1.807) is 0 Å². The van der Waals surface area contributed by atoms with Gasteiger partial charge in [0.25, 0.3) is 5.91 Å². The lowest BCUT2D eigenvalue weighted by Gasteiger charge is -2.10. The summed E-state index contributed by atoms with van der Waals surface area (Å²) in [5.41, 5.74) is 1.13. The summed E-state index contributed by atoms with van der Waals surface area (Å²) >= 11 is 0. The van der Waals surface area contributed by atoms with Crippen molar-refractivity contribution in [1.29, 1.82) is 0 Å². The molecule has 1 amide bonds. The summed E-state index contributed by atoms with van der Waals surface area (Å²) in [4.78, 5) is 11.6. The number of aryl methyl sites for hydroxylation is 1. The predicted octanol–water partition coefficient (Wildman–Crippen LogP) is 0.925. The van der Waals surface area contributed by atoms with Gasteiger partial charge in [-0.1, -0.05) is 17.7 Å². The van der Waals surface area contributed by atoms with Gasteiger partial charge in [-0.15, -0.1) is 0 Å². The SMILES string of the molecule is Cc1ccc(OCC(=O)NCC2CCS(=O)(=O)C2)cc1. The minimum Gasteiger partial charge on any atom is -0.484 e. The number of sulfone groups is 1. The monoisotopic (exact) mass is 297 g/mol. The molecule has 5 nitrogen and oxygen atoms in total. The third-order valence-corrected chi connectivity index (χ3v) is 5.14. The van der Waals surface area contributed by atoms with Crippen molar-refractivity contribution in [2.45, 2.75) is 13.3 Å². The zero-order valence-corrected chi connectivity index (χ0v) is 12.3. The fraction of sp³-hybridized carbons (Fsp3) is 0.500. The first-order chi connectivity index (χ1) is 9.44. The molecule has 1 aromatic rings. The Hall–Kier alpha value is -1.56. The third kappa shape index (κ3) is 4.52. The predicted molar refractivity (Wildman–Crippen MR) is 76.4 cm³/mol. The Morgan fingerprint density at radius 2 is 2.05 bits per heavy atom. The molecule has 1 heterocycles. The van der Waals surface area contributed by atoms with E-state index in [0.29, 0.717) is 18.7 Å². The number of hydrogen-bond donors (Lipinski definition) is 1. The molecule has 0 aliphatic carbocycles. The molecule has 1 aliphatic rings. The van der Waals surface area contributed by atoms with Gasteiger partial charge in [0.1, 0.15) is 5.75 Å². The van der Waals surface area contributed by atoms with Crippen LogP contribution in [-0.4, -0.2) is 39.0 Å². The molecule has 6 heteroatoms. The number of carbonyl (C=O) groups is 1. The van der Waals surface area contributed by atoms with E-state index >= 15 is 0 Å². The highest BCUT2D eigenvalue weighted by atomic mass is 32.2. The van der Waals surface area contributed by atoms with Crippen molar-refractivity contribution in [3.63, 3.8) is 0 Å². The minimum atomic E-state index is -2.89. The number of benzene rings is 1. The molecule has 1 unspecified atom stereocenters. The highest BCUT2D eigenvalue weighted by molar-refractivity contribution is 7.91. The Kier molecular flexibility index (Phi) is 4.65. The molecule has 0 radical (unpaired) electrons. The largest absolute Gasteiger partial charge is 0.484 e. The second-order valence-corrected chi connectivity index (χ2v) is 7.40. The first-order valence-electron chi connectivity index (χ1n) is 6.61. The van der Waals surface area contributed by atoms with E-state index in [1.807, 2.05) is 31.2 Å². The molecule has 0 spiro atoms. The maximum Gasteiger partial charge on any atom is 0.257 e. The second kappa shape index (κ2) is 6.26. The van der Waals surface area contributed by atoms with Gasteiger partial charge >= 0.3 is 0 Å². The van der Waals surface area contributed by atoms with E-state index in [1.165, 1.54) is 0 Å². The number of ether oxygens (including phenoxy) is 1. The number of hydrogen-bond acceptors (Lipinski definition) is 4. The summed E-state index contributed by atoms with van der Waals surface area (Å²) < 4.78 is 27.9. The van der Waals surface area contributed by atoms with Crippen molar-refractivity contribution in [2.75, 3.05) is 24.7 Å². The average Bonchev–Trinajstić information content (AvgIpc) is 2.75. The van der Waals surface area contributed by atoms with Crippen molar-refractivity contribution < 1.29 is 17.9 Å². The standard InChI is InChI=1S/C14H19NO4S/c1-11-2-4-13(5-3-11)19-9-14(16)15-8-12-6-7-20(17,18)10-12/h2-5,12H,6-10H2,1H3,(H,15,16). The van der Waals surface area contributed by atoms with Gasteiger partial charge in [0.2, 0.25) is 0 Å². The van der Waals surface area contributed by atoms with Gasteiger partial charge in [0, 0.05) is 6.54 Å². The summed E-state index contributed by atoms with van der Waals surface area (Å²) in [6, 6.07) is 7.45. The van der Waals surface area contributed by atoms with Crippen LogP contribution in [0.4, 0.5) is 0 Å². The van der Waals surface area contributed by atoms with Crippen molar-refractivity contribution in [1.82, 2.24) is 5.32 Å². The first kappa shape index (κ1) is 14.8. The Morgan fingerprint density at radius 3 is 2.65 bits per heavy atom. The highest BCUT2D eigenvalue weighted by Gasteiger charge is 2.27. The second-order valence-electron chi connectivity index (χ2n) is 5.17. The average molecular weight is 297 g/mol. The van der Waals surface area contributed by atoms with E-state index in [4.69, 9.17) is 4.74 Å². The smallest absolute Gasteiger partial charge is 0.257 e. The summed E-state index contributed by atoms with van der Waals surface area (Å²) in [7, 11) is -2.89. The van der Waals surface area contributed by atoms with Crippen LogP contribution in [0.15, 0.2) is 24.3 Å². The fourth-order valence-electron chi connectivity index (χ4n) is 2.13. The fourth-order valence-corrected chi connectivity index (χ4v) is 3.99. The number of rotatable bonds is 5. The van der Waals surface area contributed by atoms with Crippen molar-refractivity contribution >= 4 is 15.7 Å². The molecular formula is C14H19NO4S. The Bertz CT molecular complexity index is 565. The van der Waals surface area contributed by atoms with Crippen molar-refractivity contribution in [3.8, 4) is 5.75 Å². The minimum absolute atomic E-state index is 0.0309. The van der Waals surface area contributed by atoms with Crippen LogP contribution in [0.2, 0.25) is 0 Å². The molecule has 1 saturated heterocycles. The molecule has 2 rings (SSSR count). The first-order valence-corrected chi connectivity index (χ1v) is 8.43. The summed E-state index contributed by atoms with van der Waals surface area (Å²) in [5.74, 6) is 0.854. The van der Waals surface area contributed by atoms with Gasteiger partial charge in [-0.25, -0.2) is 8.42 Å². The van der Waals surface area contributed by atoms with Gasteiger partial charge in [0.05, 0.1) is 11.5 Å². The lowest BCUT2D eigenvalue weighted by atomic mass is 10.1. The summed E-state index contributed by atoms with van der Waals surface area (Å²) in [6.07, 6.45) is 0.626. The van der Waals surface area contributed by atoms with Gasteiger partial charge in [-0.2, -0.15) is 0 Å². The molecule has 1 fully saturated rings. The highest BCUT2D eigenvalue weighted by Crippen LogP contribution is 2.17. The van der Waals surface area contributed by atoms with Crippen LogP contribution in [0.25, 0.3) is 0 Å². The van der Waals surface area contributed by atoms with Crippen LogP contribution in [0, 0.1) is 12.8 Å². The van der Waals surface area contributed by atoms with Crippen molar-refractivity contribution in [3.05, 3.63) is 29.8 Å². The summed E-state index contributed by atoms with van der Waals surface area (Å²) in [5, 5.41) is 2.72. The number of carbonyl (C=O) groups excluding carboxylic acids is 1. The molecule has 1 aliphatic heterocycles. The summed E-state index contributed by atoms with van der Waals surface area (Å²) in [6.45, 7) is 2.32. The van der Waals surface area contributed by atoms with Crippen LogP contribution in [-0.2, 0) is 14.6 Å². The van der Waals surface area contributed by atoms with Gasteiger partial charge in [-0.05, 0) is 31.4 Å². The van der Waals surface area contributed by atoms with E-state index in [2.05, 4.69) is 5.32 Å². The molecule has 1 N–H and O–H groups in total. The number of amides is 1. The van der Waals surface area contributed by atoms with Gasteiger partial charge < -0.3 is 10.1 Å². The van der Waals surface area contributed by atoms with Crippen LogP contribution in [0.5, 0.6) is 5.75 Å². The van der Waals surface area contributed by atoms with Crippen LogP contribution >= 0.6 is 0 Å². The van der Waals surface area contributed by atoms with Crippen LogP contribution in [0.1, 0.15) is 12.0 Å². The maximum atomic E-state index is 11.6. The van der Waals surface area contributed by atoms with Gasteiger partial charge in [-0.3, -0.25) is 4.79 Å². The normalized spacial score (nSPS) is 20.6. The molecule has 20 heavy (non-hydrogen) atoms. The van der Waals surface area contributed by atoms with E-state index in [0.717, 1.165) is 5.56 Å². The quantitative estimate of drug-likeness (QED) is 0.877. The Balaban J connectivity index is 1.69. The molecule has 1 atom stereocenters. The molecule has 0 aromatic heterocycles. The van der Waals surface area contributed by atoms with E-state index < -0.39 is 9.84 Å². The van der Waals surface area contributed by atoms with Crippen LogP contribution in [0.3, 0.4) is 0 Å². The lowest BCUT2D eigenvalue weighted by Crippen LogP contribution is -2.33. The van der Waals surface area contributed by atoms with Gasteiger partial charge in [0.15, 0.2) is 16.4 Å². The zero-order chi connectivity index (χ0) is 14.6. The molecule has 110 valence electrons. The van der Waals surface area contributed by atoms with Crippen LogP contribution < -0.4 is 10.1 Å². The van der Waals surface area contributed by atoms with E-state index in [-0.39, 0.29) is 29.9 Å². The molecule has 0 saturated carbocycles.